The fraction of sp³-hybridized carbons (Fsp3) is 0.400. The van der Waals surface area contributed by atoms with Crippen molar-refractivity contribution in [2.24, 2.45) is 0 Å². The first-order valence-corrected chi connectivity index (χ1v) is 9.20. The lowest BCUT2D eigenvalue weighted by Crippen LogP contribution is -2.02. The molecule has 0 saturated carbocycles. The molecule has 2 aliphatic carbocycles. The Kier molecular flexibility index (Phi) is 2.66. The van der Waals surface area contributed by atoms with E-state index in [0.29, 0.717) is 0 Å². The maximum Gasteiger partial charge on any atom is 0.0390 e. The zero-order chi connectivity index (χ0) is 13.8. The molecular weight excluding hydrogens is 272 g/mol. The van der Waals surface area contributed by atoms with E-state index in [1.807, 2.05) is 11.3 Å². The van der Waals surface area contributed by atoms with E-state index in [2.05, 4.69) is 24.3 Å². The molecule has 0 atom stereocenters. The Labute approximate surface area is 129 Å². The Morgan fingerprint density at radius 3 is 2.24 bits per heavy atom. The molecule has 0 saturated heterocycles. The van der Waals surface area contributed by atoms with Gasteiger partial charge in [-0.3, -0.25) is 0 Å². The number of hydrogen-bond donors (Lipinski definition) is 0. The van der Waals surface area contributed by atoms with Crippen molar-refractivity contribution in [1.82, 2.24) is 0 Å². The minimum atomic E-state index is 1.29. The van der Waals surface area contributed by atoms with Crippen LogP contribution < -0.4 is 0 Å². The summed E-state index contributed by atoms with van der Waals surface area (Å²) in [5, 5.41) is 3.04. The molecule has 0 spiro atoms. The quantitative estimate of drug-likeness (QED) is 0.490. The predicted octanol–water partition coefficient (Wildman–Crippen LogP) is 5.81. The van der Waals surface area contributed by atoms with E-state index < -0.39 is 0 Å². The van der Waals surface area contributed by atoms with Crippen LogP contribution in [-0.2, 0) is 25.7 Å². The van der Waals surface area contributed by atoms with Gasteiger partial charge in [0.2, 0.25) is 0 Å². The van der Waals surface area contributed by atoms with Crippen LogP contribution >= 0.6 is 11.3 Å². The Hall–Kier alpha value is -1.34. The van der Waals surface area contributed by atoms with Crippen molar-refractivity contribution >= 4 is 31.5 Å². The van der Waals surface area contributed by atoms with Gasteiger partial charge >= 0.3 is 0 Å². The summed E-state index contributed by atoms with van der Waals surface area (Å²) in [7, 11) is 0. The maximum atomic E-state index is 2.51. The van der Waals surface area contributed by atoms with Gasteiger partial charge in [0.15, 0.2) is 0 Å². The number of rotatable bonds is 0. The van der Waals surface area contributed by atoms with Gasteiger partial charge in [-0.25, -0.2) is 0 Å². The van der Waals surface area contributed by atoms with Gasteiger partial charge in [0.25, 0.3) is 0 Å². The van der Waals surface area contributed by atoms with Crippen molar-refractivity contribution in [1.29, 1.82) is 0 Å². The Morgan fingerprint density at radius 1 is 0.667 bits per heavy atom. The molecule has 1 heterocycles. The van der Waals surface area contributed by atoms with Gasteiger partial charge in [-0.15, -0.1) is 11.3 Å². The van der Waals surface area contributed by atoms with Crippen LogP contribution in [0.4, 0.5) is 0 Å². The van der Waals surface area contributed by atoms with E-state index in [4.69, 9.17) is 0 Å². The molecular formula is C20H20S. The number of fused-ring (bicyclic) bond motifs is 6. The summed E-state index contributed by atoms with van der Waals surface area (Å²) >= 11 is 2.05. The van der Waals surface area contributed by atoms with E-state index in [1.54, 1.807) is 27.0 Å². The second-order valence-electron chi connectivity index (χ2n) is 6.71. The third kappa shape index (κ3) is 1.80. The fourth-order valence-corrected chi connectivity index (χ4v) is 5.64. The summed E-state index contributed by atoms with van der Waals surface area (Å²) < 4.78 is 3.11. The summed E-state index contributed by atoms with van der Waals surface area (Å²) in [6.07, 6.45) is 10.6. The molecule has 2 aliphatic rings. The largest absolute Gasteiger partial charge is 0.135 e. The molecule has 0 amide bonds. The van der Waals surface area contributed by atoms with Gasteiger partial charge in [-0.2, -0.15) is 0 Å². The third-order valence-electron chi connectivity index (χ3n) is 5.43. The smallest absolute Gasteiger partial charge is 0.0390 e. The van der Waals surface area contributed by atoms with Gasteiger partial charge in [0, 0.05) is 20.2 Å². The second-order valence-corrected chi connectivity index (χ2v) is 7.77. The Balaban J connectivity index is 1.84. The molecule has 3 aromatic rings. The topological polar surface area (TPSA) is 0 Å². The SMILES string of the molecule is c1cc2c(sc3cc4c(cc32)CCCC4)c2c1CCCC2. The first-order valence-electron chi connectivity index (χ1n) is 8.39. The average Bonchev–Trinajstić information content (AvgIpc) is 2.90. The molecule has 0 aliphatic heterocycles. The Bertz CT molecular complexity index is 853. The van der Waals surface area contributed by atoms with Crippen LogP contribution in [-0.4, -0.2) is 0 Å². The predicted molar refractivity (Wildman–Crippen MR) is 92.6 cm³/mol. The van der Waals surface area contributed by atoms with Crippen molar-refractivity contribution < 1.29 is 0 Å². The van der Waals surface area contributed by atoms with E-state index >= 15 is 0 Å². The Morgan fingerprint density at radius 2 is 1.38 bits per heavy atom. The highest BCUT2D eigenvalue weighted by Crippen LogP contribution is 2.41. The molecule has 5 rings (SSSR count). The molecule has 2 aromatic carbocycles. The lowest BCUT2D eigenvalue weighted by molar-refractivity contribution is 0.687. The third-order valence-corrected chi connectivity index (χ3v) is 6.65. The van der Waals surface area contributed by atoms with Gasteiger partial charge in [0.1, 0.15) is 0 Å². The molecule has 0 radical (unpaired) electrons. The van der Waals surface area contributed by atoms with Crippen LogP contribution in [0.3, 0.4) is 0 Å². The van der Waals surface area contributed by atoms with Crippen LogP contribution in [0.15, 0.2) is 24.3 Å². The molecule has 0 bridgehead atoms. The summed E-state index contributed by atoms with van der Waals surface area (Å²) in [5.41, 5.74) is 6.52. The summed E-state index contributed by atoms with van der Waals surface area (Å²) in [5.74, 6) is 0. The van der Waals surface area contributed by atoms with Crippen LogP contribution in [0.5, 0.6) is 0 Å². The maximum absolute atomic E-state index is 2.51. The van der Waals surface area contributed by atoms with Crippen molar-refractivity contribution in [2.45, 2.75) is 51.4 Å². The zero-order valence-electron chi connectivity index (χ0n) is 12.4. The molecule has 0 fully saturated rings. The van der Waals surface area contributed by atoms with Gasteiger partial charge < -0.3 is 0 Å². The molecule has 0 unspecified atom stereocenters. The van der Waals surface area contributed by atoms with E-state index in [-0.39, 0.29) is 0 Å². The van der Waals surface area contributed by atoms with Crippen molar-refractivity contribution in [3.8, 4) is 0 Å². The van der Waals surface area contributed by atoms with Crippen LogP contribution in [0.1, 0.15) is 47.9 Å². The number of aryl methyl sites for hydroxylation is 4. The van der Waals surface area contributed by atoms with Crippen LogP contribution in [0.2, 0.25) is 0 Å². The first kappa shape index (κ1) is 12.2. The van der Waals surface area contributed by atoms with Gasteiger partial charge in [-0.1, -0.05) is 12.1 Å². The number of hydrogen-bond acceptors (Lipinski definition) is 1. The molecule has 106 valence electrons. The zero-order valence-corrected chi connectivity index (χ0v) is 13.2. The number of benzene rings is 2. The molecule has 1 aromatic heterocycles. The molecule has 0 N–H and O–H groups in total. The highest BCUT2D eigenvalue weighted by Gasteiger charge is 2.18. The lowest BCUT2D eigenvalue weighted by atomic mass is 9.88. The van der Waals surface area contributed by atoms with Crippen molar-refractivity contribution in [2.75, 3.05) is 0 Å². The standard InChI is InChI=1S/C20H20S/c1-2-7-15-12-19-18(11-14(15)6-1)17-10-9-13-5-3-4-8-16(13)20(17)21-19/h9-12H,1-8H2. The van der Waals surface area contributed by atoms with E-state index in [9.17, 15) is 0 Å². The van der Waals surface area contributed by atoms with Crippen LogP contribution in [0.25, 0.3) is 20.2 Å². The summed E-state index contributed by atoms with van der Waals surface area (Å²) in [4.78, 5) is 0. The van der Waals surface area contributed by atoms with Gasteiger partial charge in [-0.05, 0) is 85.8 Å². The fourth-order valence-electron chi connectivity index (χ4n) is 4.29. The monoisotopic (exact) mass is 292 g/mol. The van der Waals surface area contributed by atoms with Crippen LogP contribution in [0, 0.1) is 0 Å². The van der Waals surface area contributed by atoms with Crippen molar-refractivity contribution in [3.05, 3.63) is 46.5 Å². The summed E-state index contributed by atoms with van der Waals surface area (Å²) in [6, 6.07) is 9.82. The lowest BCUT2D eigenvalue weighted by Gasteiger charge is -2.16. The molecule has 21 heavy (non-hydrogen) atoms. The van der Waals surface area contributed by atoms with Crippen molar-refractivity contribution in [3.63, 3.8) is 0 Å². The normalized spacial score (nSPS) is 17.9. The first-order chi connectivity index (χ1) is 10.4. The minimum absolute atomic E-state index is 1.29. The van der Waals surface area contributed by atoms with E-state index in [1.165, 1.54) is 66.8 Å². The molecule has 0 nitrogen and oxygen atoms in total. The minimum Gasteiger partial charge on any atom is -0.135 e. The molecule has 1 heteroatoms. The van der Waals surface area contributed by atoms with Gasteiger partial charge in [0.05, 0.1) is 0 Å². The van der Waals surface area contributed by atoms with E-state index in [0.717, 1.165) is 0 Å². The summed E-state index contributed by atoms with van der Waals surface area (Å²) in [6.45, 7) is 0. The average molecular weight is 292 g/mol. The second kappa shape index (κ2) is 4.58. The highest BCUT2D eigenvalue weighted by atomic mass is 32.1. The number of thiophene rings is 1. The highest BCUT2D eigenvalue weighted by molar-refractivity contribution is 7.26.